The van der Waals surface area contributed by atoms with Crippen LogP contribution in [-0.4, -0.2) is 19.0 Å². The van der Waals surface area contributed by atoms with Crippen LogP contribution in [0.4, 0.5) is 0 Å². The highest BCUT2D eigenvalue weighted by atomic mass is 16.5. The molecule has 0 N–H and O–H groups in total. The van der Waals surface area contributed by atoms with Gasteiger partial charge in [-0.25, -0.2) is 0 Å². The van der Waals surface area contributed by atoms with Crippen LogP contribution >= 0.6 is 0 Å². The second-order valence-electron chi connectivity index (χ2n) is 5.04. The molecule has 0 aliphatic rings. The number of unbranched alkanes of at least 4 members (excludes halogenated alkanes) is 1. The number of rotatable bonds is 8. The molecule has 0 spiro atoms. The lowest BCUT2D eigenvalue weighted by Gasteiger charge is -2.04. The Balaban J connectivity index is 3.29. The molecule has 98 valence electrons. The summed E-state index contributed by atoms with van der Waals surface area (Å²) in [4.78, 5) is 11.3. The Morgan fingerprint density at radius 2 is 1.82 bits per heavy atom. The van der Waals surface area contributed by atoms with Crippen LogP contribution in [0, 0.1) is 23.7 Å². The average molecular weight is 238 g/mol. The lowest BCUT2D eigenvalue weighted by atomic mass is 10.1. The van der Waals surface area contributed by atoms with E-state index in [4.69, 9.17) is 4.74 Å². The van der Waals surface area contributed by atoms with E-state index in [1.165, 1.54) is 0 Å². The summed E-state index contributed by atoms with van der Waals surface area (Å²) in [5, 5.41) is 0. The highest BCUT2D eigenvalue weighted by molar-refractivity contribution is 5.80. The number of Topliss-reactive ketones (excluding diaryl/α,β-unsaturated/α-hetero) is 1. The van der Waals surface area contributed by atoms with Gasteiger partial charge in [0.05, 0.1) is 6.61 Å². The summed E-state index contributed by atoms with van der Waals surface area (Å²) in [5.41, 5.74) is 0. The normalized spacial score (nSPS) is 10.5. The van der Waals surface area contributed by atoms with Gasteiger partial charge in [0.2, 0.25) is 0 Å². The van der Waals surface area contributed by atoms with Crippen molar-refractivity contribution in [2.75, 3.05) is 13.2 Å². The molecule has 0 atom stereocenters. The minimum absolute atomic E-state index is 0.125. The van der Waals surface area contributed by atoms with Crippen molar-refractivity contribution in [2.45, 2.75) is 53.4 Å². The molecule has 17 heavy (non-hydrogen) atoms. The van der Waals surface area contributed by atoms with E-state index in [0.29, 0.717) is 25.6 Å². The van der Waals surface area contributed by atoms with Gasteiger partial charge in [-0.2, -0.15) is 0 Å². The number of carbonyl (C=O) groups is 1. The van der Waals surface area contributed by atoms with Crippen molar-refractivity contribution in [3.05, 3.63) is 0 Å². The molecule has 0 fully saturated rings. The second kappa shape index (κ2) is 10.4. The van der Waals surface area contributed by atoms with E-state index in [1.807, 2.05) is 13.8 Å². The molecule has 0 aromatic carbocycles. The van der Waals surface area contributed by atoms with Gasteiger partial charge < -0.3 is 4.74 Å². The molecule has 0 aliphatic heterocycles. The van der Waals surface area contributed by atoms with Crippen LogP contribution in [0.2, 0.25) is 0 Å². The molecule has 0 rings (SSSR count). The Bertz CT molecular complexity index is 256. The van der Waals surface area contributed by atoms with Crippen molar-refractivity contribution in [3.8, 4) is 11.8 Å². The molecular weight excluding hydrogens is 212 g/mol. The Labute approximate surface area is 106 Å². The van der Waals surface area contributed by atoms with Gasteiger partial charge in [-0.05, 0) is 12.3 Å². The number of carbonyl (C=O) groups excluding carboxylic acids is 1. The van der Waals surface area contributed by atoms with Crippen molar-refractivity contribution in [2.24, 2.45) is 11.8 Å². The fraction of sp³-hybridized carbons (Fsp3) is 0.800. The van der Waals surface area contributed by atoms with E-state index in [0.717, 1.165) is 19.3 Å². The molecule has 0 heterocycles. The van der Waals surface area contributed by atoms with Crippen LogP contribution < -0.4 is 0 Å². The predicted molar refractivity (Wildman–Crippen MR) is 71.7 cm³/mol. The molecule has 2 heteroatoms. The van der Waals surface area contributed by atoms with Crippen molar-refractivity contribution in [1.29, 1.82) is 0 Å². The summed E-state index contributed by atoms with van der Waals surface area (Å²) < 4.78 is 5.39. The standard InChI is InChI=1S/C15H26O2/c1-13(2)9-7-5-6-8-11-17-12-10-15(16)14(3)4/h13-14H,6,8-12H2,1-4H3. The fourth-order valence-corrected chi connectivity index (χ4v) is 1.19. The maximum absolute atomic E-state index is 11.3. The lowest BCUT2D eigenvalue weighted by molar-refractivity contribution is -0.122. The zero-order chi connectivity index (χ0) is 13.1. The fourth-order valence-electron chi connectivity index (χ4n) is 1.19. The molecule has 0 amide bonds. The summed E-state index contributed by atoms with van der Waals surface area (Å²) in [6.45, 7) is 9.45. The van der Waals surface area contributed by atoms with Crippen molar-refractivity contribution >= 4 is 5.78 Å². The van der Waals surface area contributed by atoms with E-state index in [2.05, 4.69) is 25.7 Å². The van der Waals surface area contributed by atoms with Gasteiger partial charge in [-0.1, -0.05) is 27.7 Å². The zero-order valence-electron chi connectivity index (χ0n) is 11.7. The van der Waals surface area contributed by atoms with Crippen LogP contribution in [0.1, 0.15) is 53.4 Å². The first-order valence-corrected chi connectivity index (χ1v) is 6.60. The van der Waals surface area contributed by atoms with Gasteiger partial charge in [-0.3, -0.25) is 4.79 Å². The number of ether oxygens (including phenoxy) is 1. The molecule has 2 nitrogen and oxygen atoms in total. The molecule has 0 saturated carbocycles. The lowest BCUT2D eigenvalue weighted by Crippen LogP contribution is -2.10. The van der Waals surface area contributed by atoms with E-state index in [1.54, 1.807) is 0 Å². The van der Waals surface area contributed by atoms with E-state index < -0.39 is 0 Å². The quantitative estimate of drug-likeness (QED) is 0.478. The topological polar surface area (TPSA) is 26.3 Å². The second-order valence-corrected chi connectivity index (χ2v) is 5.04. The Morgan fingerprint density at radius 3 is 2.41 bits per heavy atom. The molecular formula is C15H26O2. The van der Waals surface area contributed by atoms with Gasteiger partial charge >= 0.3 is 0 Å². The molecule has 0 bridgehead atoms. The third-order valence-corrected chi connectivity index (χ3v) is 2.36. The molecule has 0 aliphatic carbocycles. The summed E-state index contributed by atoms with van der Waals surface area (Å²) in [5.74, 6) is 7.35. The zero-order valence-corrected chi connectivity index (χ0v) is 11.7. The van der Waals surface area contributed by atoms with Gasteiger partial charge in [0, 0.05) is 31.8 Å². The van der Waals surface area contributed by atoms with Crippen molar-refractivity contribution < 1.29 is 9.53 Å². The minimum Gasteiger partial charge on any atom is -0.381 e. The summed E-state index contributed by atoms with van der Waals surface area (Å²) in [6, 6.07) is 0. The van der Waals surface area contributed by atoms with E-state index in [9.17, 15) is 4.79 Å². The summed E-state index contributed by atoms with van der Waals surface area (Å²) in [7, 11) is 0. The largest absolute Gasteiger partial charge is 0.381 e. The number of hydrogen-bond donors (Lipinski definition) is 0. The van der Waals surface area contributed by atoms with E-state index in [-0.39, 0.29) is 11.7 Å². The molecule has 0 aromatic rings. The highest BCUT2D eigenvalue weighted by Gasteiger charge is 2.05. The predicted octanol–water partition coefficient (Wildman–Crippen LogP) is 3.45. The molecule has 0 aromatic heterocycles. The SMILES string of the molecule is CC(C)CC#CCCCOCCC(=O)C(C)C. The molecule has 0 saturated heterocycles. The Hall–Kier alpha value is -0.810. The Morgan fingerprint density at radius 1 is 1.12 bits per heavy atom. The molecule has 0 unspecified atom stereocenters. The monoisotopic (exact) mass is 238 g/mol. The van der Waals surface area contributed by atoms with Gasteiger partial charge in [-0.15, -0.1) is 11.8 Å². The third-order valence-electron chi connectivity index (χ3n) is 2.36. The van der Waals surface area contributed by atoms with Crippen LogP contribution in [0.3, 0.4) is 0 Å². The first-order chi connectivity index (χ1) is 8.04. The summed E-state index contributed by atoms with van der Waals surface area (Å²) >= 11 is 0. The Kier molecular flexibility index (Phi) is 9.86. The average Bonchev–Trinajstić information content (AvgIpc) is 2.25. The number of hydrogen-bond acceptors (Lipinski definition) is 2. The highest BCUT2D eigenvalue weighted by Crippen LogP contribution is 2.00. The van der Waals surface area contributed by atoms with Crippen molar-refractivity contribution in [3.63, 3.8) is 0 Å². The molecule has 0 radical (unpaired) electrons. The number of ketones is 1. The van der Waals surface area contributed by atoms with Crippen LogP contribution in [0.15, 0.2) is 0 Å². The van der Waals surface area contributed by atoms with Crippen LogP contribution in [-0.2, 0) is 9.53 Å². The summed E-state index contributed by atoms with van der Waals surface area (Å²) in [6.07, 6.45) is 3.37. The maximum atomic E-state index is 11.3. The van der Waals surface area contributed by atoms with Crippen molar-refractivity contribution in [1.82, 2.24) is 0 Å². The van der Waals surface area contributed by atoms with Crippen LogP contribution in [0.5, 0.6) is 0 Å². The van der Waals surface area contributed by atoms with Crippen LogP contribution in [0.25, 0.3) is 0 Å². The van der Waals surface area contributed by atoms with Gasteiger partial charge in [0.1, 0.15) is 5.78 Å². The van der Waals surface area contributed by atoms with Gasteiger partial charge in [0.15, 0.2) is 0 Å². The maximum Gasteiger partial charge on any atom is 0.137 e. The first-order valence-electron chi connectivity index (χ1n) is 6.60. The first kappa shape index (κ1) is 16.2. The third kappa shape index (κ3) is 11.5. The van der Waals surface area contributed by atoms with Gasteiger partial charge in [0.25, 0.3) is 0 Å². The minimum atomic E-state index is 0.125. The smallest absolute Gasteiger partial charge is 0.137 e. The van der Waals surface area contributed by atoms with E-state index >= 15 is 0 Å².